The van der Waals surface area contributed by atoms with Gasteiger partial charge in [0.15, 0.2) is 5.82 Å². The first-order valence-electron chi connectivity index (χ1n) is 31.8. The molecule has 12 aromatic rings. The Kier molecular flexibility index (Phi) is 23.6. The van der Waals surface area contributed by atoms with E-state index < -0.39 is 53.3 Å². The molecule has 9 amide bonds. The highest BCUT2D eigenvalue weighted by Gasteiger charge is 2.24. The standard InChI is InChI=1S/2C25H22ClFN6O2.C24H20ClFN6O2/c1-3-33-13-19(23(32-33)15-8-9-29-21(10-15)24(28)34)18-11-16(27)12-20(22(18)26)31-25(35)30-17-6-4-14(2)5-7-17;1-3-33-13-19(23(32-33)15-8-9-29-21(10-15)24(28)34)18-11-16(26)12-20(22(18)27)31-25(35)30-17-6-4-14(2)5-7-17;1-2-32-13-18(22(31-32)15-9-10-28-21(12-15)23(27)33)14-3-8-19(26)20(11-14)30-24(34)29-17-6-4-16(25)5-7-17/h2*4-13H,3H2,1-2H3,(H2,28,34)(H2,30,31,35);3-13H,2H2,1H3,(H2,27,33)(H2,29,30,34). The molecule has 12 N–H and O–H groups in total. The molecule has 0 atom stereocenters. The first kappa shape index (κ1) is 74.0. The highest BCUT2D eigenvalue weighted by molar-refractivity contribution is 6.37. The quantitative estimate of drug-likeness (QED) is 0.0387. The van der Waals surface area contributed by atoms with Crippen LogP contribution in [0.3, 0.4) is 0 Å². The Morgan fingerprint density at radius 3 is 1.22 bits per heavy atom. The summed E-state index contributed by atoms with van der Waals surface area (Å²) in [6.07, 6.45) is 9.55. The summed E-state index contributed by atoms with van der Waals surface area (Å²) in [5.41, 5.74) is 25.9. The number of hydrogen-bond donors (Lipinski definition) is 9. The van der Waals surface area contributed by atoms with Crippen LogP contribution in [-0.2, 0) is 19.6 Å². The van der Waals surface area contributed by atoms with E-state index in [0.717, 1.165) is 17.2 Å². The molecule has 0 aliphatic carbocycles. The molecule has 104 heavy (non-hydrogen) atoms. The van der Waals surface area contributed by atoms with Crippen molar-refractivity contribution in [3.63, 3.8) is 0 Å². The summed E-state index contributed by atoms with van der Waals surface area (Å²) in [4.78, 5) is 84.2. The predicted octanol–water partition coefficient (Wildman–Crippen LogP) is 16.1. The Bertz CT molecular complexity index is 5010. The number of pyridine rings is 3. The third kappa shape index (κ3) is 18.4. The van der Waals surface area contributed by atoms with Crippen LogP contribution in [0.15, 0.2) is 189 Å². The maximum atomic E-state index is 15.7. The number of aromatic nitrogens is 9. The summed E-state index contributed by atoms with van der Waals surface area (Å²) in [6.45, 7) is 11.2. The van der Waals surface area contributed by atoms with Gasteiger partial charge in [-0.15, -0.1) is 0 Å². The number of carbonyl (C=O) groups excluding carboxylic acids is 6. The lowest BCUT2D eigenvalue weighted by atomic mass is 10.0. The fourth-order valence-corrected chi connectivity index (χ4v) is 10.9. The van der Waals surface area contributed by atoms with Crippen LogP contribution >= 0.6 is 34.8 Å². The minimum atomic E-state index is -0.691. The number of halogens is 6. The number of rotatable bonds is 18. The van der Waals surface area contributed by atoms with Crippen molar-refractivity contribution < 1.29 is 41.9 Å². The fourth-order valence-electron chi connectivity index (χ4n) is 10.3. The number of primary amides is 3. The van der Waals surface area contributed by atoms with Crippen LogP contribution < -0.4 is 49.1 Å². The summed E-state index contributed by atoms with van der Waals surface area (Å²) >= 11 is 18.8. The van der Waals surface area contributed by atoms with Crippen LogP contribution in [0.1, 0.15) is 63.4 Å². The first-order chi connectivity index (χ1) is 49.8. The molecule has 0 fully saturated rings. The van der Waals surface area contributed by atoms with E-state index in [1.54, 1.807) is 105 Å². The molecular weight excluding hydrogens is 1400 g/mol. The van der Waals surface area contributed by atoms with Gasteiger partial charge >= 0.3 is 18.1 Å². The molecule has 0 bridgehead atoms. The lowest BCUT2D eigenvalue weighted by Crippen LogP contribution is -2.20. The Hall–Kier alpha value is -12.7. The molecule has 12 rings (SSSR count). The van der Waals surface area contributed by atoms with Crippen molar-refractivity contribution in [1.29, 1.82) is 0 Å². The average molecular weight is 1460 g/mol. The molecule has 0 aliphatic heterocycles. The molecular formula is C74H64Cl3F3N18O6. The van der Waals surface area contributed by atoms with Gasteiger partial charge in [0.2, 0.25) is 0 Å². The highest BCUT2D eigenvalue weighted by Crippen LogP contribution is 2.41. The number of amides is 9. The number of nitrogens with zero attached hydrogens (tertiary/aromatic N) is 9. The first-order valence-corrected chi connectivity index (χ1v) is 32.9. The normalized spacial score (nSPS) is 10.7. The van der Waals surface area contributed by atoms with Gasteiger partial charge in [0.05, 0.1) is 22.1 Å². The maximum absolute atomic E-state index is 15.7. The monoisotopic (exact) mass is 1460 g/mol. The number of aryl methyl sites for hydroxylation is 5. The van der Waals surface area contributed by atoms with Crippen molar-refractivity contribution in [2.75, 3.05) is 31.9 Å². The highest BCUT2D eigenvalue weighted by atomic mass is 35.5. The zero-order valence-corrected chi connectivity index (χ0v) is 58.3. The number of urea groups is 3. The molecule has 0 aliphatic rings. The molecule has 0 unspecified atom stereocenters. The number of hydrogen-bond acceptors (Lipinski definition) is 12. The van der Waals surface area contributed by atoms with Gasteiger partial charge < -0.3 is 49.1 Å². The van der Waals surface area contributed by atoms with Crippen molar-refractivity contribution in [1.82, 2.24) is 44.3 Å². The van der Waals surface area contributed by atoms with E-state index >= 15 is 4.39 Å². The molecule has 6 heterocycles. The number of nitrogens with one attached hydrogen (secondary N) is 6. The van der Waals surface area contributed by atoms with Gasteiger partial charge in [-0.2, -0.15) is 15.3 Å². The second-order valence-electron chi connectivity index (χ2n) is 22.9. The molecule has 0 radical (unpaired) electrons. The number of nitrogens with two attached hydrogens (primary N) is 3. The lowest BCUT2D eigenvalue weighted by Gasteiger charge is -2.13. The van der Waals surface area contributed by atoms with Crippen LogP contribution in [0.4, 0.5) is 61.7 Å². The van der Waals surface area contributed by atoms with Crippen molar-refractivity contribution in [3.8, 4) is 67.2 Å². The summed E-state index contributed by atoms with van der Waals surface area (Å²) < 4.78 is 49.9. The Morgan fingerprint density at radius 1 is 0.394 bits per heavy atom. The van der Waals surface area contributed by atoms with Crippen LogP contribution in [0.25, 0.3) is 67.2 Å². The average Bonchev–Trinajstić information content (AvgIpc) is 1.58. The van der Waals surface area contributed by atoms with Gasteiger partial charge in [-0.05, 0) is 162 Å². The van der Waals surface area contributed by atoms with Crippen molar-refractivity contribution in [2.24, 2.45) is 17.2 Å². The van der Waals surface area contributed by atoms with Gasteiger partial charge in [-0.1, -0.05) is 76.3 Å². The number of benzene rings is 6. The predicted molar refractivity (Wildman–Crippen MR) is 397 cm³/mol. The SMILES string of the molecule is CCn1cc(-c2cc(Cl)cc(NC(=O)Nc3ccc(C)cc3)c2F)c(-c2ccnc(C(N)=O)c2)n1.CCn1cc(-c2cc(F)cc(NC(=O)Nc3ccc(C)cc3)c2Cl)c(-c2ccnc(C(N)=O)c2)n1.CCn1cc(-c2ccc(F)c(NC(=O)Nc3ccc(Cl)cc3)c2)c(-c2ccnc(C(N)=O)c2)n1. The molecule has 0 spiro atoms. The molecule has 0 saturated carbocycles. The molecule has 30 heteroatoms. The third-order valence-electron chi connectivity index (χ3n) is 15.5. The second-order valence-corrected chi connectivity index (χ2v) is 24.2. The molecule has 0 saturated heterocycles. The Balaban J connectivity index is 0.000000167. The van der Waals surface area contributed by atoms with Gasteiger partial charge in [0, 0.05) is 128 Å². The van der Waals surface area contributed by atoms with Crippen LogP contribution in [0, 0.1) is 31.3 Å². The van der Waals surface area contributed by atoms with Crippen molar-refractivity contribution in [3.05, 3.63) is 250 Å². The molecule has 6 aromatic carbocycles. The van der Waals surface area contributed by atoms with Gasteiger partial charge in [0.25, 0.3) is 17.7 Å². The van der Waals surface area contributed by atoms with E-state index in [2.05, 4.69) is 62.1 Å². The van der Waals surface area contributed by atoms with E-state index in [4.69, 9.17) is 52.0 Å². The number of carbonyl (C=O) groups is 6. The summed E-state index contributed by atoms with van der Waals surface area (Å²) in [5.74, 6) is -3.91. The largest absolute Gasteiger partial charge is 0.364 e. The Morgan fingerprint density at radius 2 is 0.788 bits per heavy atom. The molecule has 528 valence electrons. The zero-order chi connectivity index (χ0) is 74.5. The smallest absolute Gasteiger partial charge is 0.323 e. The summed E-state index contributed by atoms with van der Waals surface area (Å²) in [7, 11) is 0. The maximum Gasteiger partial charge on any atom is 0.323 e. The lowest BCUT2D eigenvalue weighted by molar-refractivity contribution is 0.0987. The van der Waals surface area contributed by atoms with E-state index in [9.17, 15) is 37.5 Å². The van der Waals surface area contributed by atoms with Crippen molar-refractivity contribution >= 4 is 105 Å². The molecule has 6 aromatic heterocycles. The van der Waals surface area contributed by atoms with Gasteiger partial charge in [-0.3, -0.25) is 43.4 Å². The van der Waals surface area contributed by atoms with Gasteiger partial charge in [0.1, 0.15) is 45.8 Å². The van der Waals surface area contributed by atoms with Crippen LogP contribution in [-0.4, -0.2) is 80.1 Å². The number of anilines is 6. The van der Waals surface area contributed by atoms with Gasteiger partial charge in [-0.25, -0.2) is 27.6 Å². The van der Waals surface area contributed by atoms with E-state index in [0.29, 0.717) is 103 Å². The minimum Gasteiger partial charge on any atom is -0.364 e. The van der Waals surface area contributed by atoms with E-state index in [1.165, 1.54) is 61.1 Å². The van der Waals surface area contributed by atoms with E-state index in [-0.39, 0.29) is 49.8 Å². The van der Waals surface area contributed by atoms with Crippen LogP contribution in [0.5, 0.6) is 0 Å². The van der Waals surface area contributed by atoms with E-state index in [1.807, 2.05) is 65.1 Å². The zero-order valence-electron chi connectivity index (χ0n) is 56.0. The third-order valence-corrected chi connectivity index (χ3v) is 16.4. The fraction of sp³-hybridized carbons (Fsp3) is 0.108. The molecule has 24 nitrogen and oxygen atoms in total. The summed E-state index contributed by atoms with van der Waals surface area (Å²) in [6, 6.07) is 38.3. The Labute approximate surface area is 607 Å². The van der Waals surface area contributed by atoms with Crippen LogP contribution in [0.2, 0.25) is 15.1 Å². The van der Waals surface area contributed by atoms with Crippen molar-refractivity contribution in [2.45, 2.75) is 54.3 Å². The summed E-state index contributed by atoms with van der Waals surface area (Å²) in [5, 5.41) is 30.2. The topological polar surface area (TPSA) is 345 Å². The second kappa shape index (κ2) is 33.2. The minimum absolute atomic E-state index is 0.00767.